The van der Waals surface area contributed by atoms with Crippen LogP contribution in [0.15, 0.2) is 21.9 Å². The molecule has 1 fully saturated rings. The van der Waals surface area contributed by atoms with E-state index in [1.807, 2.05) is 0 Å². The summed E-state index contributed by atoms with van der Waals surface area (Å²) in [6, 6.07) is 0.748. The number of H-pyrrole nitrogens is 1. The molecular weight excluding hydrogens is 512 g/mol. The van der Waals surface area contributed by atoms with Crippen LogP contribution in [-0.2, 0) is 31.6 Å². The smallest absolute Gasteiger partial charge is 0.383 e. The number of ether oxygens (including phenoxy) is 1. The molecule has 1 aliphatic rings. The van der Waals surface area contributed by atoms with Crippen molar-refractivity contribution in [1.29, 1.82) is 0 Å². The van der Waals surface area contributed by atoms with Gasteiger partial charge in [0.25, 0.3) is 11.4 Å². The molecule has 0 aliphatic carbocycles. The van der Waals surface area contributed by atoms with Crippen LogP contribution in [0.3, 0.4) is 0 Å². The number of alkyl halides is 1. The van der Waals surface area contributed by atoms with Crippen molar-refractivity contribution in [2.75, 3.05) is 6.61 Å². The molecule has 2 rings (SSSR count). The highest BCUT2D eigenvalue weighted by atomic mass is 31.3. The van der Waals surface area contributed by atoms with E-state index in [0.717, 1.165) is 12.3 Å². The topological polar surface area (TPSA) is 264 Å². The van der Waals surface area contributed by atoms with Gasteiger partial charge in [0.2, 0.25) is 5.60 Å². The minimum atomic E-state index is -5.92. The Kier molecular flexibility index (Phi) is 7.24. The Morgan fingerprint density at radius 2 is 1.81 bits per heavy atom. The Balaban J connectivity index is 2.28. The lowest BCUT2D eigenvalue weighted by Gasteiger charge is -2.26. The molecule has 0 spiro atoms. The molecule has 2 heterocycles. The number of aliphatic hydroxyl groups is 2. The standard InChI is InChI=1S/C11H14FN2O15P3/c1-2-10(18)7(16)11(12,27-8(10)14-4-3-6(15)13-9(14)17)5-26-31(22,23)29-32(24,25)28-30(19,20)21/h1,3-4,7-8,16,18H,5H2,(H,22,23)(H,24,25)(H,13,15,17)(H2,19,20,21). The molecule has 1 aromatic heterocycles. The van der Waals surface area contributed by atoms with Crippen molar-refractivity contribution >= 4 is 23.5 Å². The molecule has 1 aromatic rings. The van der Waals surface area contributed by atoms with Crippen molar-refractivity contribution in [2.45, 2.75) is 23.8 Å². The summed E-state index contributed by atoms with van der Waals surface area (Å²) in [5, 5.41) is 20.6. The summed E-state index contributed by atoms with van der Waals surface area (Å²) in [5.41, 5.74) is -5.18. The van der Waals surface area contributed by atoms with Crippen LogP contribution in [-0.4, -0.2) is 63.5 Å². The van der Waals surface area contributed by atoms with Gasteiger partial charge in [-0.2, -0.15) is 8.62 Å². The van der Waals surface area contributed by atoms with Crippen LogP contribution in [0.25, 0.3) is 0 Å². The van der Waals surface area contributed by atoms with Crippen molar-refractivity contribution in [2.24, 2.45) is 0 Å². The van der Waals surface area contributed by atoms with Crippen LogP contribution in [0.1, 0.15) is 6.23 Å². The molecule has 21 heteroatoms. The van der Waals surface area contributed by atoms with Gasteiger partial charge in [0.05, 0.1) is 0 Å². The van der Waals surface area contributed by atoms with Gasteiger partial charge in [-0.25, -0.2) is 22.9 Å². The predicted octanol–water partition coefficient (Wildman–Crippen LogP) is -2.20. The molecule has 0 aromatic carbocycles. The molecule has 0 saturated carbocycles. The van der Waals surface area contributed by atoms with Gasteiger partial charge < -0.3 is 34.5 Å². The van der Waals surface area contributed by atoms with Crippen LogP contribution in [0.4, 0.5) is 4.39 Å². The Labute approximate surface area is 175 Å². The van der Waals surface area contributed by atoms with Gasteiger partial charge in [-0.1, -0.05) is 5.92 Å². The summed E-state index contributed by atoms with van der Waals surface area (Å²) in [5.74, 6) is -2.10. The number of hydrogen-bond donors (Lipinski definition) is 7. The molecule has 6 atom stereocenters. The largest absolute Gasteiger partial charge is 0.490 e. The zero-order valence-corrected chi connectivity index (χ0v) is 17.8. The van der Waals surface area contributed by atoms with E-state index < -0.39 is 65.1 Å². The number of aliphatic hydroxyl groups excluding tert-OH is 1. The number of aromatic nitrogens is 2. The lowest BCUT2D eigenvalue weighted by molar-refractivity contribution is -0.204. The number of aromatic amines is 1. The van der Waals surface area contributed by atoms with Crippen molar-refractivity contribution in [3.8, 4) is 12.3 Å². The van der Waals surface area contributed by atoms with Gasteiger partial charge in [-0.3, -0.25) is 18.9 Å². The van der Waals surface area contributed by atoms with Crippen LogP contribution >= 0.6 is 23.5 Å². The molecule has 1 aliphatic heterocycles. The van der Waals surface area contributed by atoms with Crippen LogP contribution < -0.4 is 11.2 Å². The number of hydrogen-bond acceptors (Lipinski definition) is 11. The predicted molar refractivity (Wildman–Crippen MR) is 94.9 cm³/mol. The third-order valence-electron chi connectivity index (χ3n) is 3.68. The van der Waals surface area contributed by atoms with Gasteiger partial charge in [0.15, 0.2) is 12.3 Å². The van der Waals surface area contributed by atoms with Crippen molar-refractivity contribution < 1.29 is 65.8 Å². The van der Waals surface area contributed by atoms with Crippen molar-refractivity contribution in [1.82, 2.24) is 9.55 Å². The van der Waals surface area contributed by atoms with E-state index in [4.69, 9.17) is 25.8 Å². The maximum Gasteiger partial charge on any atom is 0.490 e. The SMILES string of the molecule is C#CC1(O)C(n2ccc(=O)[nH]c2=O)OC(F)(COP(=O)(O)OP(=O)(O)OP(=O)(O)O)C1O. The monoisotopic (exact) mass is 526 g/mol. The first-order valence-corrected chi connectivity index (χ1v) is 12.2. The Bertz CT molecular complexity index is 1190. The highest BCUT2D eigenvalue weighted by molar-refractivity contribution is 7.66. The maximum absolute atomic E-state index is 15.2. The molecule has 180 valence electrons. The normalized spacial score (nSPS) is 32.1. The molecule has 0 radical (unpaired) electrons. The Morgan fingerprint density at radius 3 is 2.31 bits per heavy atom. The number of halogens is 1. The molecule has 0 bridgehead atoms. The van der Waals surface area contributed by atoms with Crippen molar-refractivity contribution in [3.63, 3.8) is 0 Å². The number of nitrogens with zero attached hydrogens (tertiary/aromatic N) is 1. The number of terminal acetylenes is 1. The van der Waals surface area contributed by atoms with Gasteiger partial charge in [0.1, 0.15) is 6.61 Å². The second-order valence-electron chi connectivity index (χ2n) is 6.01. The zero-order chi connectivity index (χ0) is 24.8. The minimum absolute atomic E-state index is 0.372. The number of rotatable bonds is 8. The molecule has 32 heavy (non-hydrogen) atoms. The van der Waals surface area contributed by atoms with Gasteiger partial charge in [0, 0.05) is 12.3 Å². The summed E-state index contributed by atoms with van der Waals surface area (Å²) in [4.78, 5) is 60.2. The van der Waals surface area contributed by atoms with Gasteiger partial charge >= 0.3 is 29.2 Å². The highest BCUT2D eigenvalue weighted by Crippen LogP contribution is 2.66. The first-order valence-electron chi connectivity index (χ1n) is 7.69. The first-order chi connectivity index (χ1) is 14.3. The molecule has 17 nitrogen and oxygen atoms in total. The summed E-state index contributed by atoms with van der Waals surface area (Å²) in [7, 11) is -17.5. The van der Waals surface area contributed by atoms with E-state index in [-0.39, 0.29) is 0 Å². The van der Waals surface area contributed by atoms with Crippen molar-refractivity contribution in [3.05, 3.63) is 33.1 Å². The second kappa shape index (κ2) is 8.67. The van der Waals surface area contributed by atoms with E-state index in [1.165, 1.54) is 0 Å². The van der Waals surface area contributed by atoms with E-state index in [9.17, 15) is 38.4 Å². The van der Waals surface area contributed by atoms with E-state index >= 15 is 4.39 Å². The number of nitrogens with one attached hydrogen (secondary N) is 1. The van der Waals surface area contributed by atoms with Gasteiger partial charge in [-0.05, 0) is 0 Å². The fourth-order valence-electron chi connectivity index (χ4n) is 2.42. The Morgan fingerprint density at radius 1 is 1.22 bits per heavy atom. The van der Waals surface area contributed by atoms with Crippen LogP contribution in [0, 0.1) is 12.3 Å². The van der Waals surface area contributed by atoms with Gasteiger partial charge in [-0.15, -0.1) is 6.42 Å². The summed E-state index contributed by atoms with van der Waals surface area (Å²) in [6.07, 6.45) is 0.802. The average molecular weight is 526 g/mol. The fourth-order valence-corrected chi connectivity index (χ4v) is 5.45. The lowest BCUT2D eigenvalue weighted by Crippen LogP contribution is -2.51. The van der Waals surface area contributed by atoms with E-state index in [0.29, 0.717) is 4.57 Å². The summed E-state index contributed by atoms with van der Waals surface area (Å²) >= 11 is 0. The quantitative estimate of drug-likeness (QED) is 0.140. The fraction of sp³-hybridized carbons (Fsp3) is 0.455. The summed E-state index contributed by atoms with van der Waals surface area (Å²) in [6.45, 7) is -1.85. The van der Waals surface area contributed by atoms with Crippen LogP contribution in [0.2, 0.25) is 0 Å². The third kappa shape index (κ3) is 5.87. The van der Waals surface area contributed by atoms with E-state index in [2.05, 4.69) is 13.1 Å². The number of phosphoric ester groups is 1. The van der Waals surface area contributed by atoms with Crippen LogP contribution in [0.5, 0.6) is 0 Å². The zero-order valence-electron chi connectivity index (χ0n) is 15.1. The molecular formula is C11H14FN2O15P3. The highest BCUT2D eigenvalue weighted by Gasteiger charge is 2.65. The molecule has 7 N–H and O–H groups in total. The first kappa shape index (κ1) is 26.7. The lowest BCUT2D eigenvalue weighted by atomic mass is 9.94. The second-order valence-corrected chi connectivity index (χ2v) is 10.4. The number of phosphoric acid groups is 3. The molecule has 6 unspecified atom stereocenters. The third-order valence-corrected chi connectivity index (χ3v) is 7.47. The maximum atomic E-state index is 15.2. The summed E-state index contributed by atoms with van der Waals surface area (Å²) < 4.78 is 64.7. The molecule has 1 saturated heterocycles. The Hall–Kier alpha value is -1.54. The molecule has 0 amide bonds. The minimum Gasteiger partial charge on any atom is -0.383 e. The average Bonchev–Trinajstić information content (AvgIpc) is 2.80. The van der Waals surface area contributed by atoms with E-state index in [1.54, 1.807) is 10.9 Å².